The highest BCUT2D eigenvalue weighted by atomic mass is 16.5. The Morgan fingerprint density at radius 1 is 1.50 bits per heavy atom. The molecule has 0 aromatic rings. The maximum atomic E-state index is 11.1. The Morgan fingerprint density at radius 2 is 2.19 bits per heavy atom. The lowest BCUT2D eigenvalue weighted by Crippen LogP contribution is -2.43. The Hall–Kier alpha value is -1.74. The van der Waals surface area contributed by atoms with Crippen molar-refractivity contribution in [1.29, 1.82) is 0 Å². The molecule has 6 nitrogen and oxygen atoms in total. The first-order valence-corrected chi connectivity index (χ1v) is 4.82. The van der Waals surface area contributed by atoms with Crippen molar-refractivity contribution in [2.24, 2.45) is 0 Å². The summed E-state index contributed by atoms with van der Waals surface area (Å²) in [4.78, 5) is 21.7. The van der Waals surface area contributed by atoms with Crippen LogP contribution in [0.3, 0.4) is 0 Å². The Kier molecular flexibility index (Phi) is 7.63. The normalized spacial score (nSPS) is 11.2. The van der Waals surface area contributed by atoms with Crippen molar-refractivity contribution in [3.05, 3.63) is 0 Å². The van der Waals surface area contributed by atoms with Gasteiger partial charge in [0.2, 0.25) is 0 Å². The summed E-state index contributed by atoms with van der Waals surface area (Å²) in [5.74, 6) is 1.33. The van der Waals surface area contributed by atoms with Gasteiger partial charge < -0.3 is 20.5 Å². The number of methoxy groups -OCH3 is 1. The average Bonchev–Trinajstić information content (AvgIpc) is 2.25. The molecule has 0 radical (unpaired) electrons. The quantitative estimate of drug-likeness (QED) is 0.416. The molecule has 0 saturated heterocycles. The molecular formula is C10H16N2O4. The third-order valence-corrected chi connectivity index (χ3v) is 1.79. The van der Waals surface area contributed by atoms with Crippen molar-refractivity contribution >= 4 is 12.0 Å². The lowest BCUT2D eigenvalue weighted by molar-refractivity contribution is -0.147. The van der Waals surface area contributed by atoms with Gasteiger partial charge in [0.1, 0.15) is 0 Å². The number of amides is 2. The molecule has 2 amide bonds. The van der Waals surface area contributed by atoms with Crippen LogP contribution in [0.15, 0.2) is 0 Å². The van der Waals surface area contributed by atoms with Gasteiger partial charge in [-0.1, -0.05) is 0 Å². The molecule has 90 valence electrons. The summed E-state index contributed by atoms with van der Waals surface area (Å²) in [7, 11) is 1.27. The summed E-state index contributed by atoms with van der Waals surface area (Å²) < 4.78 is 4.64. The number of ether oxygens (including phenoxy) is 1. The Balaban J connectivity index is 3.64. The SMILES string of the molecule is C#CCCCNC(=O)NCC(OC)C(=O)O. The molecule has 0 aliphatic rings. The maximum absolute atomic E-state index is 11.1. The molecule has 0 aromatic heterocycles. The minimum Gasteiger partial charge on any atom is -0.479 e. The lowest BCUT2D eigenvalue weighted by Gasteiger charge is -2.11. The van der Waals surface area contributed by atoms with Gasteiger partial charge >= 0.3 is 12.0 Å². The van der Waals surface area contributed by atoms with Crippen LogP contribution in [0.4, 0.5) is 4.79 Å². The lowest BCUT2D eigenvalue weighted by atomic mass is 10.3. The molecular weight excluding hydrogens is 212 g/mol. The van der Waals surface area contributed by atoms with Crippen LogP contribution >= 0.6 is 0 Å². The largest absolute Gasteiger partial charge is 0.479 e. The van der Waals surface area contributed by atoms with Crippen LogP contribution in [-0.4, -0.2) is 43.4 Å². The van der Waals surface area contributed by atoms with E-state index in [0.29, 0.717) is 19.4 Å². The fourth-order valence-corrected chi connectivity index (χ4v) is 0.912. The van der Waals surface area contributed by atoms with E-state index in [1.165, 1.54) is 7.11 Å². The number of rotatable bonds is 7. The number of unbranched alkanes of at least 4 members (excludes halogenated alkanes) is 1. The Bertz CT molecular complexity index is 272. The molecule has 0 spiro atoms. The van der Waals surface area contributed by atoms with Crippen LogP contribution in [0.5, 0.6) is 0 Å². The minimum absolute atomic E-state index is 0.0766. The molecule has 6 heteroatoms. The van der Waals surface area contributed by atoms with Crippen molar-refractivity contribution in [2.45, 2.75) is 18.9 Å². The van der Waals surface area contributed by atoms with Crippen LogP contribution in [0.1, 0.15) is 12.8 Å². The molecule has 0 bridgehead atoms. The van der Waals surface area contributed by atoms with Gasteiger partial charge in [-0.3, -0.25) is 0 Å². The molecule has 1 atom stereocenters. The standard InChI is InChI=1S/C10H16N2O4/c1-3-4-5-6-11-10(15)12-7-8(16-2)9(13)14/h1,8H,4-7H2,2H3,(H,13,14)(H2,11,12,15). The predicted octanol–water partition coefficient (Wildman–Crippen LogP) is -0.201. The van der Waals surface area contributed by atoms with E-state index >= 15 is 0 Å². The summed E-state index contributed by atoms with van der Waals surface area (Å²) in [6.45, 7) is 0.382. The molecule has 0 heterocycles. The van der Waals surface area contributed by atoms with Gasteiger partial charge in [0, 0.05) is 20.1 Å². The number of aliphatic carboxylic acids is 1. The van der Waals surface area contributed by atoms with Gasteiger partial charge in [0.05, 0.1) is 6.54 Å². The van der Waals surface area contributed by atoms with E-state index in [1.54, 1.807) is 0 Å². The number of urea groups is 1. The zero-order valence-corrected chi connectivity index (χ0v) is 9.16. The second kappa shape index (κ2) is 8.56. The number of nitrogens with one attached hydrogen (secondary N) is 2. The van der Waals surface area contributed by atoms with Crippen molar-refractivity contribution < 1.29 is 19.4 Å². The third kappa shape index (κ3) is 6.68. The molecule has 0 fully saturated rings. The highest BCUT2D eigenvalue weighted by Crippen LogP contribution is 1.87. The predicted molar refractivity (Wildman–Crippen MR) is 57.9 cm³/mol. The summed E-state index contributed by atoms with van der Waals surface area (Å²) in [6, 6.07) is -0.430. The first-order valence-electron chi connectivity index (χ1n) is 4.82. The molecule has 0 aromatic carbocycles. The van der Waals surface area contributed by atoms with Crippen LogP contribution in [0, 0.1) is 12.3 Å². The summed E-state index contributed by atoms with van der Waals surface area (Å²) in [6.07, 6.45) is 5.29. The number of terminal acetylenes is 1. The van der Waals surface area contributed by atoms with E-state index in [0.717, 1.165) is 0 Å². The average molecular weight is 228 g/mol. The van der Waals surface area contributed by atoms with Crippen LogP contribution in [0.2, 0.25) is 0 Å². The van der Waals surface area contributed by atoms with Gasteiger partial charge in [-0.25, -0.2) is 9.59 Å². The van der Waals surface area contributed by atoms with E-state index in [1.807, 2.05) is 0 Å². The number of carboxylic acid groups (broad SMARTS) is 1. The number of carboxylic acids is 1. The summed E-state index contributed by atoms with van der Waals surface area (Å²) in [5.41, 5.74) is 0. The molecule has 0 rings (SSSR count). The van der Waals surface area contributed by atoms with Gasteiger partial charge in [-0.05, 0) is 6.42 Å². The monoisotopic (exact) mass is 228 g/mol. The van der Waals surface area contributed by atoms with E-state index in [-0.39, 0.29) is 6.54 Å². The highest BCUT2D eigenvalue weighted by molar-refractivity contribution is 5.76. The minimum atomic E-state index is -1.12. The van der Waals surface area contributed by atoms with E-state index in [9.17, 15) is 9.59 Å². The molecule has 0 saturated carbocycles. The van der Waals surface area contributed by atoms with Crippen LogP contribution < -0.4 is 10.6 Å². The topological polar surface area (TPSA) is 87.7 Å². The summed E-state index contributed by atoms with van der Waals surface area (Å²) in [5, 5.41) is 13.5. The first kappa shape index (κ1) is 14.3. The van der Waals surface area contributed by atoms with Crippen molar-refractivity contribution in [1.82, 2.24) is 10.6 Å². The molecule has 3 N–H and O–H groups in total. The fourth-order valence-electron chi connectivity index (χ4n) is 0.912. The van der Waals surface area contributed by atoms with Gasteiger partial charge in [0.15, 0.2) is 6.10 Å². The zero-order valence-electron chi connectivity index (χ0n) is 9.16. The van der Waals surface area contributed by atoms with Crippen LogP contribution in [0.25, 0.3) is 0 Å². The zero-order chi connectivity index (χ0) is 12.4. The number of hydrogen-bond donors (Lipinski definition) is 3. The number of hydrogen-bond acceptors (Lipinski definition) is 3. The van der Waals surface area contributed by atoms with Crippen LogP contribution in [-0.2, 0) is 9.53 Å². The van der Waals surface area contributed by atoms with Crippen molar-refractivity contribution in [3.8, 4) is 12.3 Å². The number of carbonyl (C=O) groups is 2. The Labute approximate surface area is 94.4 Å². The van der Waals surface area contributed by atoms with E-state index in [2.05, 4.69) is 21.3 Å². The van der Waals surface area contributed by atoms with Gasteiger partial charge in [-0.2, -0.15) is 0 Å². The van der Waals surface area contributed by atoms with Gasteiger partial charge in [-0.15, -0.1) is 12.3 Å². The summed E-state index contributed by atoms with van der Waals surface area (Å²) >= 11 is 0. The second-order valence-corrected chi connectivity index (χ2v) is 3.01. The van der Waals surface area contributed by atoms with E-state index in [4.69, 9.17) is 11.5 Å². The highest BCUT2D eigenvalue weighted by Gasteiger charge is 2.16. The first-order chi connectivity index (χ1) is 7.61. The molecule has 0 aliphatic carbocycles. The van der Waals surface area contributed by atoms with Crippen molar-refractivity contribution in [3.63, 3.8) is 0 Å². The number of carbonyl (C=O) groups excluding carboxylic acids is 1. The van der Waals surface area contributed by atoms with E-state index < -0.39 is 18.1 Å². The van der Waals surface area contributed by atoms with Gasteiger partial charge in [0.25, 0.3) is 0 Å². The molecule has 16 heavy (non-hydrogen) atoms. The smallest absolute Gasteiger partial charge is 0.334 e. The molecule has 1 unspecified atom stereocenters. The second-order valence-electron chi connectivity index (χ2n) is 3.01. The molecule has 0 aliphatic heterocycles. The maximum Gasteiger partial charge on any atom is 0.334 e. The third-order valence-electron chi connectivity index (χ3n) is 1.79. The Morgan fingerprint density at radius 3 is 2.69 bits per heavy atom. The van der Waals surface area contributed by atoms with Crippen molar-refractivity contribution in [2.75, 3.05) is 20.2 Å². The fraction of sp³-hybridized carbons (Fsp3) is 0.600.